The summed E-state index contributed by atoms with van der Waals surface area (Å²) in [6.07, 6.45) is 0. The van der Waals surface area contributed by atoms with E-state index in [0.29, 0.717) is 15.6 Å². The van der Waals surface area contributed by atoms with E-state index < -0.39 is 11.9 Å². The van der Waals surface area contributed by atoms with Gasteiger partial charge in [0.25, 0.3) is 5.91 Å². The minimum Gasteiger partial charge on any atom is -0.451 e. The standard InChI is InChI=1S/C21H18ClNO3S/c1-13-6-8-15(9-7-13)16-10-11-27-20(16)21(25)26-12-19(24)23-18-5-3-4-17(22)14(18)2/h3-11H,12H2,1-2H3,(H,23,24). The second-order valence-electron chi connectivity index (χ2n) is 6.07. The average Bonchev–Trinajstić information content (AvgIpc) is 3.14. The highest BCUT2D eigenvalue weighted by Crippen LogP contribution is 2.29. The Morgan fingerprint density at radius 2 is 1.81 bits per heavy atom. The summed E-state index contributed by atoms with van der Waals surface area (Å²) in [7, 11) is 0. The third-order valence-corrected chi connectivity index (χ3v) is 5.39. The van der Waals surface area contributed by atoms with Crippen LogP contribution in [-0.2, 0) is 9.53 Å². The number of anilines is 1. The Bertz CT molecular complexity index is 979. The normalized spacial score (nSPS) is 10.5. The van der Waals surface area contributed by atoms with E-state index in [4.69, 9.17) is 16.3 Å². The first kappa shape index (κ1) is 19.1. The van der Waals surface area contributed by atoms with Crippen molar-refractivity contribution in [2.75, 3.05) is 11.9 Å². The van der Waals surface area contributed by atoms with Crippen LogP contribution in [0.3, 0.4) is 0 Å². The molecular weight excluding hydrogens is 382 g/mol. The third-order valence-electron chi connectivity index (χ3n) is 4.09. The van der Waals surface area contributed by atoms with Gasteiger partial charge in [0.05, 0.1) is 0 Å². The lowest BCUT2D eigenvalue weighted by Gasteiger charge is -2.10. The van der Waals surface area contributed by atoms with Gasteiger partial charge in [0.2, 0.25) is 0 Å². The fourth-order valence-electron chi connectivity index (χ4n) is 2.55. The summed E-state index contributed by atoms with van der Waals surface area (Å²) in [5.74, 6) is -0.930. The van der Waals surface area contributed by atoms with Crippen molar-refractivity contribution >= 4 is 40.5 Å². The largest absolute Gasteiger partial charge is 0.451 e. The number of hydrogen-bond donors (Lipinski definition) is 1. The highest BCUT2D eigenvalue weighted by molar-refractivity contribution is 7.12. The molecule has 3 aromatic rings. The molecule has 0 aliphatic carbocycles. The van der Waals surface area contributed by atoms with E-state index in [0.717, 1.165) is 22.3 Å². The molecular formula is C21H18ClNO3S. The van der Waals surface area contributed by atoms with Crippen LogP contribution in [0.4, 0.5) is 5.69 Å². The molecule has 1 heterocycles. The fraction of sp³-hybridized carbons (Fsp3) is 0.143. The number of nitrogens with one attached hydrogen (secondary N) is 1. The zero-order valence-electron chi connectivity index (χ0n) is 14.9. The maximum atomic E-state index is 12.4. The van der Waals surface area contributed by atoms with Crippen LogP contribution in [0.5, 0.6) is 0 Å². The van der Waals surface area contributed by atoms with Gasteiger partial charge in [-0.3, -0.25) is 4.79 Å². The molecule has 0 bridgehead atoms. The fourth-order valence-corrected chi connectivity index (χ4v) is 3.54. The van der Waals surface area contributed by atoms with Crippen LogP contribution in [0.1, 0.15) is 20.8 Å². The summed E-state index contributed by atoms with van der Waals surface area (Å²) in [5, 5.41) is 5.10. The smallest absolute Gasteiger partial charge is 0.349 e. The van der Waals surface area contributed by atoms with Gasteiger partial charge in [-0.2, -0.15) is 0 Å². The molecule has 0 spiro atoms. The van der Waals surface area contributed by atoms with E-state index in [9.17, 15) is 9.59 Å². The van der Waals surface area contributed by atoms with Crippen molar-refractivity contribution < 1.29 is 14.3 Å². The molecule has 27 heavy (non-hydrogen) atoms. The number of thiophene rings is 1. The van der Waals surface area contributed by atoms with Gasteiger partial charge in [0.15, 0.2) is 6.61 Å². The number of amides is 1. The Kier molecular flexibility index (Phi) is 5.94. The summed E-state index contributed by atoms with van der Waals surface area (Å²) in [6.45, 7) is 3.45. The van der Waals surface area contributed by atoms with Crippen molar-refractivity contribution in [1.82, 2.24) is 0 Å². The maximum Gasteiger partial charge on any atom is 0.349 e. The Morgan fingerprint density at radius 1 is 1.07 bits per heavy atom. The summed E-state index contributed by atoms with van der Waals surface area (Å²) >= 11 is 7.34. The molecule has 0 saturated carbocycles. The summed E-state index contributed by atoms with van der Waals surface area (Å²) in [4.78, 5) is 25.0. The predicted octanol–water partition coefficient (Wildman–Crippen LogP) is 5.48. The van der Waals surface area contributed by atoms with Crippen LogP contribution in [0, 0.1) is 13.8 Å². The van der Waals surface area contributed by atoms with Crippen molar-refractivity contribution in [3.05, 3.63) is 74.9 Å². The van der Waals surface area contributed by atoms with Crippen molar-refractivity contribution in [3.63, 3.8) is 0 Å². The Hall–Kier alpha value is -2.63. The first-order valence-electron chi connectivity index (χ1n) is 8.32. The SMILES string of the molecule is Cc1ccc(-c2ccsc2C(=O)OCC(=O)Nc2cccc(Cl)c2C)cc1. The first-order chi connectivity index (χ1) is 13.0. The molecule has 6 heteroatoms. The quantitative estimate of drug-likeness (QED) is 0.578. The number of benzene rings is 2. The van der Waals surface area contributed by atoms with E-state index in [-0.39, 0.29) is 6.61 Å². The molecule has 4 nitrogen and oxygen atoms in total. The van der Waals surface area contributed by atoms with Crippen LogP contribution in [0.25, 0.3) is 11.1 Å². The van der Waals surface area contributed by atoms with Gasteiger partial charge < -0.3 is 10.1 Å². The first-order valence-corrected chi connectivity index (χ1v) is 9.58. The van der Waals surface area contributed by atoms with Crippen LogP contribution in [-0.4, -0.2) is 18.5 Å². The summed E-state index contributed by atoms with van der Waals surface area (Å²) in [6, 6.07) is 15.0. The van der Waals surface area contributed by atoms with Gasteiger partial charge in [0, 0.05) is 16.3 Å². The Morgan fingerprint density at radius 3 is 2.56 bits per heavy atom. The minimum absolute atomic E-state index is 0.365. The van der Waals surface area contributed by atoms with Crippen LogP contribution in [0.15, 0.2) is 53.9 Å². The number of hydrogen-bond acceptors (Lipinski definition) is 4. The monoisotopic (exact) mass is 399 g/mol. The van der Waals surface area contributed by atoms with E-state index >= 15 is 0 Å². The molecule has 0 fully saturated rings. The average molecular weight is 400 g/mol. The van der Waals surface area contributed by atoms with E-state index in [1.807, 2.05) is 49.6 Å². The number of carbonyl (C=O) groups is 2. The maximum absolute atomic E-state index is 12.4. The number of halogens is 1. The highest BCUT2D eigenvalue weighted by Gasteiger charge is 2.17. The molecule has 1 aromatic heterocycles. The number of aryl methyl sites for hydroxylation is 1. The van der Waals surface area contributed by atoms with Gasteiger partial charge >= 0.3 is 5.97 Å². The van der Waals surface area contributed by atoms with Crippen LogP contribution < -0.4 is 5.32 Å². The lowest BCUT2D eigenvalue weighted by Crippen LogP contribution is -2.21. The third kappa shape index (κ3) is 4.56. The minimum atomic E-state index is -0.515. The molecule has 0 radical (unpaired) electrons. The zero-order chi connectivity index (χ0) is 19.4. The molecule has 0 aliphatic heterocycles. The van der Waals surface area contributed by atoms with E-state index in [1.54, 1.807) is 18.2 Å². The molecule has 2 aromatic carbocycles. The number of esters is 1. The van der Waals surface area contributed by atoms with E-state index in [1.165, 1.54) is 11.3 Å². The van der Waals surface area contributed by atoms with Gasteiger partial charge in [-0.05, 0) is 48.6 Å². The summed E-state index contributed by atoms with van der Waals surface area (Å²) < 4.78 is 5.20. The number of carbonyl (C=O) groups excluding carboxylic acids is 2. The molecule has 0 aliphatic rings. The topological polar surface area (TPSA) is 55.4 Å². The zero-order valence-corrected chi connectivity index (χ0v) is 16.5. The van der Waals surface area contributed by atoms with Crippen LogP contribution >= 0.6 is 22.9 Å². The molecule has 0 saturated heterocycles. The molecule has 0 unspecified atom stereocenters. The number of ether oxygens (including phenoxy) is 1. The summed E-state index contributed by atoms with van der Waals surface area (Å²) in [5.41, 5.74) is 4.24. The van der Waals surface area contributed by atoms with Crippen molar-refractivity contribution in [3.8, 4) is 11.1 Å². The molecule has 138 valence electrons. The van der Waals surface area contributed by atoms with Crippen LogP contribution in [0.2, 0.25) is 5.02 Å². The van der Waals surface area contributed by atoms with Gasteiger partial charge in [-0.25, -0.2) is 4.79 Å². The molecule has 1 N–H and O–H groups in total. The second-order valence-corrected chi connectivity index (χ2v) is 7.39. The lowest BCUT2D eigenvalue weighted by molar-refractivity contribution is -0.119. The highest BCUT2D eigenvalue weighted by atomic mass is 35.5. The van der Waals surface area contributed by atoms with Gasteiger partial charge in [-0.1, -0.05) is 47.5 Å². The lowest BCUT2D eigenvalue weighted by atomic mass is 10.1. The van der Waals surface area contributed by atoms with Crippen molar-refractivity contribution in [1.29, 1.82) is 0 Å². The predicted molar refractivity (Wildman–Crippen MR) is 110 cm³/mol. The molecule has 3 rings (SSSR count). The van der Waals surface area contributed by atoms with Crippen molar-refractivity contribution in [2.24, 2.45) is 0 Å². The Labute approximate surface area is 166 Å². The number of rotatable bonds is 5. The van der Waals surface area contributed by atoms with Crippen molar-refractivity contribution in [2.45, 2.75) is 13.8 Å². The molecule has 1 amide bonds. The Balaban J connectivity index is 1.65. The second kappa shape index (κ2) is 8.37. The van der Waals surface area contributed by atoms with E-state index in [2.05, 4.69) is 5.32 Å². The van der Waals surface area contributed by atoms with Gasteiger partial charge in [-0.15, -0.1) is 11.3 Å². The molecule has 0 atom stereocenters. The van der Waals surface area contributed by atoms with Gasteiger partial charge in [0.1, 0.15) is 4.88 Å².